The molecule has 2 atom stereocenters. The highest BCUT2D eigenvalue weighted by molar-refractivity contribution is 7.89. The van der Waals surface area contributed by atoms with Crippen molar-refractivity contribution < 1.29 is 13.2 Å². The first-order chi connectivity index (χ1) is 12.2. The largest absolute Gasteiger partial charge is 0.347 e. The van der Waals surface area contributed by atoms with Crippen molar-refractivity contribution in [2.45, 2.75) is 37.1 Å². The van der Waals surface area contributed by atoms with Crippen molar-refractivity contribution in [3.05, 3.63) is 65.2 Å². The van der Waals surface area contributed by atoms with E-state index < -0.39 is 21.4 Å². The van der Waals surface area contributed by atoms with E-state index in [-0.39, 0.29) is 17.3 Å². The maximum atomic E-state index is 12.7. The number of alkyl halides is 1. The highest BCUT2D eigenvalue weighted by atomic mass is 35.5. The van der Waals surface area contributed by atoms with E-state index in [2.05, 4.69) is 10.0 Å². The van der Waals surface area contributed by atoms with Crippen molar-refractivity contribution >= 4 is 27.5 Å². The van der Waals surface area contributed by atoms with Crippen LogP contribution in [-0.4, -0.2) is 26.2 Å². The number of nitrogens with one attached hydrogen (secondary N) is 2. The van der Waals surface area contributed by atoms with Crippen molar-refractivity contribution in [2.24, 2.45) is 0 Å². The molecular weight excluding hydrogens is 372 g/mol. The van der Waals surface area contributed by atoms with Gasteiger partial charge in [0.05, 0.1) is 10.9 Å². The predicted molar refractivity (Wildman–Crippen MR) is 104 cm³/mol. The number of amides is 1. The molecule has 1 amide bonds. The van der Waals surface area contributed by atoms with Gasteiger partial charge in [0.1, 0.15) is 5.38 Å². The first-order valence-corrected chi connectivity index (χ1v) is 10.2. The average Bonchev–Trinajstić information content (AvgIpc) is 2.58. The van der Waals surface area contributed by atoms with E-state index in [9.17, 15) is 13.2 Å². The van der Waals surface area contributed by atoms with Gasteiger partial charge in [0.15, 0.2) is 0 Å². The van der Waals surface area contributed by atoms with Gasteiger partial charge < -0.3 is 5.32 Å². The summed E-state index contributed by atoms with van der Waals surface area (Å²) in [5.74, 6) is -0.355. The molecule has 7 heteroatoms. The first kappa shape index (κ1) is 20.4. The Hall–Kier alpha value is -1.89. The summed E-state index contributed by atoms with van der Waals surface area (Å²) >= 11 is 5.83. The number of sulfonamides is 1. The number of hydrogen-bond acceptors (Lipinski definition) is 3. The second kappa shape index (κ2) is 8.66. The van der Waals surface area contributed by atoms with Crippen LogP contribution in [0.25, 0.3) is 0 Å². The molecule has 0 aromatic heterocycles. The van der Waals surface area contributed by atoms with Crippen LogP contribution in [0.2, 0.25) is 0 Å². The van der Waals surface area contributed by atoms with Crippen LogP contribution in [0, 0.1) is 13.8 Å². The molecule has 0 spiro atoms. The predicted octanol–water partition coefficient (Wildman–Crippen LogP) is 3.07. The van der Waals surface area contributed by atoms with E-state index in [1.54, 1.807) is 26.0 Å². The summed E-state index contributed by atoms with van der Waals surface area (Å²) in [4.78, 5) is 12.2. The molecule has 0 bridgehead atoms. The standard InChI is InChI=1S/C19H23ClN2O3S/c1-13-9-10-18(14(2)11-13)26(24,25)21-12-17(22-19(23)15(3)20)16-7-5-4-6-8-16/h4-11,15,17,21H,12H2,1-3H3,(H,22,23). The average molecular weight is 395 g/mol. The monoisotopic (exact) mass is 394 g/mol. The summed E-state index contributed by atoms with van der Waals surface area (Å²) in [6.07, 6.45) is 0. The fourth-order valence-corrected chi connectivity index (χ4v) is 3.93. The highest BCUT2D eigenvalue weighted by Gasteiger charge is 2.22. The molecule has 0 aliphatic carbocycles. The Morgan fingerprint density at radius 2 is 1.77 bits per heavy atom. The lowest BCUT2D eigenvalue weighted by Crippen LogP contribution is -2.40. The van der Waals surface area contributed by atoms with Crippen LogP contribution in [0.4, 0.5) is 0 Å². The van der Waals surface area contributed by atoms with E-state index in [0.29, 0.717) is 5.56 Å². The molecule has 0 aliphatic heterocycles. The second-order valence-electron chi connectivity index (χ2n) is 6.21. The zero-order valence-electron chi connectivity index (χ0n) is 15.0. The lowest BCUT2D eigenvalue weighted by atomic mass is 10.1. The van der Waals surface area contributed by atoms with Crippen LogP contribution >= 0.6 is 11.6 Å². The third kappa shape index (κ3) is 5.30. The Labute approximate surface area is 159 Å². The molecule has 5 nitrogen and oxygen atoms in total. The number of rotatable bonds is 7. The molecule has 0 radical (unpaired) electrons. The molecule has 0 fully saturated rings. The molecule has 2 aromatic rings. The van der Waals surface area contributed by atoms with E-state index in [1.165, 1.54) is 0 Å². The van der Waals surface area contributed by atoms with Gasteiger partial charge in [-0.1, -0.05) is 48.0 Å². The molecule has 140 valence electrons. The number of benzene rings is 2. The van der Waals surface area contributed by atoms with Crippen LogP contribution in [0.15, 0.2) is 53.4 Å². The number of aryl methyl sites for hydroxylation is 2. The SMILES string of the molecule is Cc1ccc(S(=O)(=O)NCC(NC(=O)C(C)Cl)c2ccccc2)c(C)c1. The minimum Gasteiger partial charge on any atom is -0.347 e. The minimum absolute atomic E-state index is 0.0228. The zero-order valence-corrected chi connectivity index (χ0v) is 16.6. The van der Waals surface area contributed by atoms with Crippen molar-refractivity contribution in [3.8, 4) is 0 Å². The smallest absolute Gasteiger partial charge is 0.240 e. The van der Waals surface area contributed by atoms with Gasteiger partial charge in [0.2, 0.25) is 15.9 Å². The third-order valence-corrected chi connectivity index (χ3v) is 5.76. The van der Waals surface area contributed by atoms with Crippen molar-refractivity contribution in [1.29, 1.82) is 0 Å². The van der Waals surface area contributed by atoms with Crippen LogP contribution in [0.3, 0.4) is 0 Å². The maximum absolute atomic E-state index is 12.7. The van der Waals surface area contributed by atoms with E-state index >= 15 is 0 Å². The maximum Gasteiger partial charge on any atom is 0.240 e. The third-order valence-electron chi connectivity index (χ3n) is 3.98. The lowest BCUT2D eigenvalue weighted by molar-refractivity contribution is -0.121. The number of halogens is 1. The van der Waals surface area contributed by atoms with Crippen molar-refractivity contribution in [1.82, 2.24) is 10.0 Å². The summed E-state index contributed by atoms with van der Waals surface area (Å²) < 4.78 is 27.9. The van der Waals surface area contributed by atoms with Gasteiger partial charge in [-0.25, -0.2) is 13.1 Å². The molecule has 0 heterocycles. The van der Waals surface area contributed by atoms with Gasteiger partial charge in [-0.05, 0) is 38.0 Å². The van der Waals surface area contributed by atoms with E-state index in [1.807, 2.05) is 43.3 Å². The zero-order chi connectivity index (χ0) is 19.3. The molecule has 2 rings (SSSR count). The summed E-state index contributed by atoms with van der Waals surface area (Å²) in [5.41, 5.74) is 2.46. The van der Waals surface area contributed by atoms with Gasteiger partial charge in [-0.3, -0.25) is 4.79 Å². The fraction of sp³-hybridized carbons (Fsp3) is 0.316. The molecule has 0 saturated heterocycles. The summed E-state index contributed by atoms with van der Waals surface area (Å²) in [6.45, 7) is 5.26. The van der Waals surface area contributed by atoms with Crippen molar-refractivity contribution in [2.75, 3.05) is 6.54 Å². The molecule has 26 heavy (non-hydrogen) atoms. The van der Waals surface area contributed by atoms with E-state index in [0.717, 1.165) is 11.1 Å². The Balaban J connectivity index is 2.21. The molecule has 0 aliphatic rings. The molecule has 2 unspecified atom stereocenters. The van der Waals surface area contributed by atoms with E-state index in [4.69, 9.17) is 11.6 Å². The second-order valence-corrected chi connectivity index (χ2v) is 8.60. The van der Waals surface area contributed by atoms with Crippen LogP contribution in [0.5, 0.6) is 0 Å². The van der Waals surface area contributed by atoms with Gasteiger partial charge >= 0.3 is 0 Å². The Morgan fingerprint density at radius 3 is 2.35 bits per heavy atom. The van der Waals surface area contributed by atoms with Crippen molar-refractivity contribution in [3.63, 3.8) is 0 Å². The van der Waals surface area contributed by atoms with Gasteiger partial charge in [-0.2, -0.15) is 0 Å². The lowest BCUT2D eigenvalue weighted by Gasteiger charge is -2.21. The molecule has 0 saturated carbocycles. The number of carbonyl (C=O) groups is 1. The number of hydrogen-bond donors (Lipinski definition) is 2. The number of carbonyl (C=O) groups excluding carboxylic acids is 1. The van der Waals surface area contributed by atoms with Gasteiger partial charge in [0.25, 0.3) is 0 Å². The van der Waals surface area contributed by atoms with Gasteiger partial charge in [0, 0.05) is 6.54 Å². The quantitative estimate of drug-likeness (QED) is 0.708. The minimum atomic E-state index is -3.70. The Kier molecular flexibility index (Phi) is 6.81. The highest BCUT2D eigenvalue weighted by Crippen LogP contribution is 2.18. The van der Waals surface area contributed by atoms with Gasteiger partial charge in [-0.15, -0.1) is 11.6 Å². The summed E-state index contributed by atoms with van der Waals surface area (Å²) in [5, 5.41) is 2.07. The fourth-order valence-electron chi connectivity index (χ4n) is 2.60. The Bertz CT molecular complexity index is 868. The molecular formula is C19H23ClN2O3S. The van der Waals surface area contributed by atoms with Crippen LogP contribution in [-0.2, 0) is 14.8 Å². The molecule has 2 N–H and O–H groups in total. The first-order valence-electron chi connectivity index (χ1n) is 8.27. The Morgan fingerprint density at radius 1 is 1.12 bits per heavy atom. The summed E-state index contributed by atoms with van der Waals surface area (Å²) in [7, 11) is -3.70. The van der Waals surface area contributed by atoms with Crippen LogP contribution < -0.4 is 10.0 Å². The topological polar surface area (TPSA) is 75.3 Å². The summed E-state index contributed by atoms with van der Waals surface area (Å²) in [6, 6.07) is 13.8. The van der Waals surface area contributed by atoms with Crippen LogP contribution in [0.1, 0.15) is 29.7 Å². The normalized spacial score (nSPS) is 13.8. The molecule has 2 aromatic carbocycles.